The molecule has 0 fully saturated rings. The molecule has 1 amide bonds. The summed E-state index contributed by atoms with van der Waals surface area (Å²) >= 11 is 0. The second-order valence-corrected chi connectivity index (χ2v) is 3.96. The van der Waals surface area contributed by atoms with Gasteiger partial charge in [0, 0.05) is 5.41 Å². The van der Waals surface area contributed by atoms with Crippen LogP contribution in [0.5, 0.6) is 0 Å². The van der Waals surface area contributed by atoms with Crippen LogP contribution in [0.2, 0.25) is 0 Å². The number of nitrogens with two attached hydrogens (primary N) is 1. The van der Waals surface area contributed by atoms with E-state index >= 15 is 0 Å². The fraction of sp³-hybridized carbons (Fsp3) is 0.875. The summed E-state index contributed by atoms with van der Waals surface area (Å²) in [5.74, 6) is 0. The Morgan fingerprint density at radius 1 is 1.50 bits per heavy atom. The molecule has 0 rings (SSSR count). The van der Waals surface area contributed by atoms with E-state index in [9.17, 15) is 9.90 Å². The smallest absolute Gasteiger partial charge is 0.404 e. The maximum Gasteiger partial charge on any atom is 0.404 e. The van der Waals surface area contributed by atoms with Crippen LogP contribution in [0.25, 0.3) is 0 Å². The number of aliphatic hydroxyl groups excluding tert-OH is 1. The number of hydrogen-bond acceptors (Lipinski definition) is 3. The van der Waals surface area contributed by atoms with Gasteiger partial charge >= 0.3 is 6.09 Å². The molecule has 0 radical (unpaired) electrons. The Morgan fingerprint density at radius 3 is 2.00 bits per heavy atom. The van der Waals surface area contributed by atoms with Gasteiger partial charge in [-0.1, -0.05) is 20.8 Å². The second kappa shape index (κ2) is 3.76. The van der Waals surface area contributed by atoms with Gasteiger partial charge in [0.1, 0.15) is 6.10 Å². The standard InChI is InChI=1S/C8H17NO3/c1-5(10)6(8(2,3)4)12-7(9)11/h5-6,10H,1-4H3,(H2,9,11)/t5-,6?/m1/s1. The monoisotopic (exact) mass is 175 g/mol. The summed E-state index contributed by atoms with van der Waals surface area (Å²) in [4.78, 5) is 10.4. The van der Waals surface area contributed by atoms with E-state index in [-0.39, 0.29) is 5.41 Å². The fourth-order valence-corrected chi connectivity index (χ4v) is 1.12. The number of amides is 1. The lowest BCUT2D eigenvalue weighted by Crippen LogP contribution is -2.41. The third-order valence-corrected chi connectivity index (χ3v) is 1.53. The molecule has 0 spiro atoms. The molecule has 0 aliphatic rings. The predicted octanol–water partition coefficient (Wildman–Crippen LogP) is 0.877. The average molecular weight is 175 g/mol. The number of ether oxygens (including phenoxy) is 1. The van der Waals surface area contributed by atoms with E-state index in [4.69, 9.17) is 10.5 Å². The topological polar surface area (TPSA) is 72.6 Å². The Morgan fingerprint density at radius 2 is 1.92 bits per heavy atom. The lowest BCUT2D eigenvalue weighted by Gasteiger charge is -2.31. The molecule has 0 aromatic rings. The number of rotatable bonds is 2. The first-order valence-corrected chi connectivity index (χ1v) is 3.89. The molecule has 2 atom stereocenters. The summed E-state index contributed by atoms with van der Waals surface area (Å²) in [6.07, 6.45) is -2.12. The van der Waals surface area contributed by atoms with Crippen molar-refractivity contribution in [2.24, 2.45) is 11.1 Å². The number of carbonyl (C=O) groups is 1. The molecule has 0 aliphatic heterocycles. The quantitative estimate of drug-likeness (QED) is 0.654. The van der Waals surface area contributed by atoms with E-state index in [1.54, 1.807) is 6.92 Å². The van der Waals surface area contributed by atoms with Gasteiger partial charge in [0.25, 0.3) is 0 Å². The molecule has 0 bridgehead atoms. The van der Waals surface area contributed by atoms with Crippen LogP contribution < -0.4 is 5.73 Å². The lowest BCUT2D eigenvalue weighted by molar-refractivity contribution is -0.0427. The Kier molecular flexibility index (Phi) is 3.52. The highest BCUT2D eigenvalue weighted by Crippen LogP contribution is 2.24. The van der Waals surface area contributed by atoms with E-state index in [0.29, 0.717) is 0 Å². The van der Waals surface area contributed by atoms with Crippen LogP contribution in [-0.4, -0.2) is 23.4 Å². The summed E-state index contributed by atoms with van der Waals surface area (Å²) in [7, 11) is 0. The molecule has 0 aromatic carbocycles. The van der Waals surface area contributed by atoms with Crippen molar-refractivity contribution < 1.29 is 14.6 Å². The van der Waals surface area contributed by atoms with E-state index in [2.05, 4.69) is 0 Å². The highest BCUT2D eigenvalue weighted by molar-refractivity contribution is 5.64. The van der Waals surface area contributed by atoms with Gasteiger partial charge in [0.15, 0.2) is 0 Å². The van der Waals surface area contributed by atoms with Gasteiger partial charge in [0.2, 0.25) is 0 Å². The normalized spacial score (nSPS) is 16.8. The van der Waals surface area contributed by atoms with Crippen LogP contribution >= 0.6 is 0 Å². The van der Waals surface area contributed by atoms with E-state index in [1.807, 2.05) is 20.8 Å². The third-order valence-electron chi connectivity index (χ3n) is 1.53. The molecule has 12 heavy (non-hydrogen) atoms. The molecular weight excluding hydrogens is 158 g/mol. The van der Waals surface area contributed by atoms with Crippen LogP contribution in [0.3, 0.4) is 0 Å². The number of carbonyl (C=O) groups excluding carboxylic acids is 1. The first kappa shape index (κ1) is 11.2. The first-order chi connectivity index (χ1) is 5.25. The van der Waals surface area contributed by atoms with Crippen molar-refractivity contribution in [3.05, 3.63) is 0 Å². The molecule has 0 saturated heterocycles. The van der Waals surface area contributed by atoms with Crippen molar-refractivity contribution in [3.63, 3.8) is 0 Å². The molecule has 1 unspecified atom stereocenters. The van der Waals surface area contributed by atoms with Gasteiger partial charge in [-0.05, 0) is 6.92 Å². The van der Waals surface area contributed by atoms with Crippen molar-refractivity contribution >= 4 is 6.09 Å². The minimum Gasteiger partial charge on any atom is -0.443 e. The third kappa shape index (κ3) is 3.57. The summed E-state index contributed by atoms with van der Waals surface area (Å²) < 4.78 is 4.77. The lowest BCUT2D eigenvalue weighted by atomic mass is 9.86. The number of primary amides is 1. The van der Waals surface area contributed by atoms with Crippen LogP contribution in [0.1, 0.15) is 27.7 Å². The minimum atomic E-state index is -0.851. The molecule has 4 nitrogen and oxygen atoms in total. The van der Waals surface area contributed by atoms with Gasteiger partial charge < -0.3 is 15.6 Å². The molecule has 72 valence electrons. The molecular formula is C8H17NO3. The van der Waals surface area contributed by atoms with Crippen molar-refractivity contribution in [2.45, 2.75) is 39.9 Å². The molecule has 0 saturated carbocycles. The fourth-order valence-electron chi connectivity index (χ4n) is 1.12. The highest BCUT2D eigenvalue weighted by Gasteiger charge is 2.31. The largest absolute Gasteiger partial charge is 0.443 e. The van der Waals surface area contributed by atoms with Crippen LogP contribution in [0, 0.1) is 5.41 Å². The van der Waals surface area contributed by atoms with Crippen LogP contribution in [0.4, 0.5) is 4.79 Å². The van der Waals surface area contributed by atoms with Gasteiger partial charge in [-0.3, -0.25) is 0 Å². The molecule has 0 aliphatic carbocycles. The SMILES string of the molecule is C[C@@H](O)C(OC(N)=O)C(C)(C)C. The Hall–Kier alpha value is -0.770. The zero-order chi connectivity index (χ0) is 9.94. The zero-order valence-electron chi connectivity index (χ0n) is 8.00. The Balaban J connectivity index is 4.35. The molecule has 3 N–H and O–H groups in total. The highest BCUT2D eigenvalue weighted by atomic mass is 16.6. The maximum absolute atomic E-state index is 10.4. The van der Waals surface area contributed by atoms with Crippen molar-refractivity contribution in [3.8, 4) is 0 Å². The zero-order valence-corrected chi connectivity index (χ0v) is 8.00. The summed E-state index contributed by atoms with van der Waals surface area (Å²) in [6, 6.07) is 0. The minimum absolute atomic E-state index is 0.302. The predicted molar refractivity (Wildman–Crippen MR) is 45.6 cm³/mol. The van der Waals surface area contributed by atoms with Gasteiger partial charge in [0.05, 0.1) is 6.10 Å². The Bertz CT molecular complexity index is 160. The summed E-state index contributed by atoms with van der Waals surface area (Å²) in [5, 5.41) is 9.26. The average Bonchev–Trinajstić information content (AvgIpc) is 1.79. The summed E-state index contributed by atoms with van der Waals surface area (Å²) in [6.45, 7) is 7.17. The van der Waals surface area contributed by atoms with Crippen LogP contribution in [-0.2, 0) is 4.74 Å². The van der Waals surface area contributed by atoms with Crippen molar-refractivity contribution in [1.82, 2.24) is 0 Å². The number of hydrogen-bond donors (Lipinski definition) is 2. The first-order valence-electron chi connectivity index (χ1n) is 3.89. The van der Waals surface area contributed by atoms with Crippen molar-refractivity contribution in [1.29, 1.82) is 0 Å². The van der Waals surface area contributed by atoms with E-state index < -0.39 is 18.3 Å². The van der Waals surface area contributed by atoms with Gasteiger partial charge in [-0.25, -0.2) is 4.79 Å². The van der Waals surface area contributed by atoms with Gasteiger partial charge in [-0.15, -0.1) is 0 Å². The van der Waals surface area contributed by atoms with Crippen molar-refractivity contribution in [2.75, 3.05) is 0 Å². The second-order valence-electron chi connectivity index (χ2n) is 3.96. The molecule has 0 aromatic heterocycles. The number of aliphatic hydroxyl groups is 1. The Labute approximate surface area is 72.7 Å². The maximum atomic E-state index is 10.4. The summed E-state index contributed by atoms with van der Waals surface area (Å²) in [5.41, 5.74) is 4.55. The molecule has 4 heteroatoms. The van der Waals surface area contributed by atoms with Crippen LogP contribution in [0.15, 0.2) is 0 Å². The van der Waals surface area contributed by atoms with E-state index in [0.717, 1.165) is 0 Å². The van der Waals surface area contributed by atoms with E-state index in [1.165, 1.54) is 0 Å². The van der Waals surface area contributed by atoms with Gasteiger partial charge in [-0.2, -0.15) is 0 Å². The molecule has 0 heterocycles.